The third-order valence-corrected chi connectivity index (χ3v) is 2.11. The molecule has 0 aromatic carbocycles. The quantitative estimate of drug-likeness (QED) is 0.407. The lowest BCUT2D eigenvalue weighted by molar-refractivity contribution is -0.148. The summed E-state index contributed by atoms with van der Waals surface area (Å²) in [7, 11) is 3.83. The van der Waals surface area contributed by atoms with Crippen LogP contribution in [0, 0.1) is 0 Å². The van der Waals surface area contributed by atoms with Crippen LogP contribution in [0.4, 0.5) is 0 Å². The van der Waals surface area contributed by atoms with Crippen molar-refractivity contribution in [2.45, 2.75) is 19.4 Å². The van der Waals surface area contributed by atoms with Crippen molar-refractivity contribution in [3.8, 4) is 0 Å². The Morgan fingerprint density at radius 3 is 2.67 bits per heavy atom. The van der Waals surface area contributed by atoms with Gasteiger partial charge in [0, 0.05) is 19.6 Å². The molecule has 0 aliphatic heterocycles. The van der Waals surface area contributed by atoms with Gasteiger partial charge in [-0.1, -0.05) is 0 Å². The van der Waals surface area contributed by atoms with Gasteiger partial charge in [0.2, 0.25) is 0 Å². The van der Waals surface area contributed by atoms with Gasteiger partial charge in [-0.3, -0.25) is 0 Å². The first-order valence-electron chi connectivity index (χ1n) is 6.18. The second kappa shape index (κ2) is 9.27. The Morgan fingerprint density at radius 2 is 2.11 bits per heavy atom. The Hall–Kier alpha value is -0.690. The maximum atomic E-state index is 10.9. The van der Waals surface area contributed by atoms with E-state index in [4.69, 9.17) is 9.47 Å². The summed E-state index contributed by atoms with van der Waals surface area (Å²) >= 11 is 0. The minimum Gasteiger partial charge on any atom is -0.464 e. The highest BCUT2D eigenvalue weighted by Crippen LogP contribution is 2.01. The maximum absolute atomic E-state index is 10.9. The molecule has 0 spiro atoms. The van der Waals surface area contributed by atoms with E-state index in [-0.39, 0.29) is 12.6 Å². The van der Waals surface area contributed by atoms with Crippen molar-refractivity contribution in [2.75, 3.05) is 53.6 Å². The molecule has 0 fully saturated rings. The fourth-order valence-electron chi connectivity index (χ4n) is 1.60. The Morgan fingerprint density at radius 1 is 1.44 bits per heavy atom. The first-order chi connectivity index (χ1) is 8.37. The van der Waals surface area contributed by atoms with Crippen molar-refractivity contribution in [3.05, 3.63) is 0 Å². The molecular formula is C12H26N2O4. The summed E-state index contributed by atoms with van der Waals surface area (Å²) in [6.45, 7) is 5.95. The van der Waals surface area contributed by atoms with Gasteiger partial charge in [0.05, 0.1) is 18.8 Å². The van der Waals surface area contributed by atoms with Gasteiger partial charge in [0.1, 0.15) is 6.61 Å². The molecule has 0 rings (SSSR count). The van der Waals surface area contributed by atoms with Crippen LogP contribution in [0.2, 0.25) is 0 Å². The number of carbonyl (C=O) groups is 1. The summed E-state index contributed by atoms with van der Waals surface area (Å²) in [5.41, 5.74) is -0.773. The summed E-state index contributed by atoms with van der Waals surface area (Å²) in [6.07, 6.45) is 0. The van der Waals surface area contributed by atoms with E-state index in [9.17, 15) is 9.90 Å². The number of nitrogens with one attached hydrogen (secondary N) is 1. The molecule has 6 heteroatoms. The van der Waals surface area contributed by atoms with Crippen molar-refractivity contribution >= 4 is 5.97 Å². The number of ether oxygens (including phenoxy) is 2. The molecule has 0 saturated carbocycles. The third kappa shape index (κ3) is 10.5. The van der Waals surface area contributed by atoms with Crippen molar-refractivity contribution in [1.82, 2.24) is 10.2 Å². The van der Waals surface area contributed by atoms with Gasteiger partial charge in [-0.15, -0.1) is 0 Å². The summed E-state index contributed by atoms with van der Waals surface area (Å²) in [4.78, 5) is 12.9. The Bertz CT molecular complexity index is 232. The molecule has 2 N–H and O–H groups in total. The molecule has 0 bridgehead atoms. The van der Waals surface area contributed by atoms with E-state index in [0.717, 1.165) is 0 Å². The molecule has 0 aliphatic carbocycles. The zero-order chi connectivity index (χ0) is 14.0. The van der Waals surface area contributed by atoms with E-state index in [0.29, 0.717) is 32.8 Å². The van der Waals surface area contributed by atoms with Gasteiger partial charge in [0.25, 0.3) is 0 Å². The molecule has 0 radical (unpaired) electrons. The minimum atomic E-state index is -0.773. The predicted molar refractivity (Wildman–Crippen MR) is 69.5 cm³/mol. The Labute approximate surface area is 109 Å². The number of aliphatic hydroxyl groups is 1. The zero-order valence-electron chi connectivity index (χ0n) is 11.9. The van der Waals surface area contributed by atoms with E-state index in [1.54, 1.807) is 13.8 Å². The van der Waals surface area contributed by atoms with Crippen molar-refractivity contribution in [3.63, 3.8) is 0 Å². The van der Waals surface area contributed by atoms with E-state index < -0.39 is 5.60 Å². The molecule has 1 atom stereocenters. The van der Waals surface area contributed by atoms with E-state index in [2.05, 4.69) is 5.32 Å². The smallest absolute Gasteiger partial charge is 0.332 e. The van der Waals surface area contributed by atoms with Gasteiger partial charge in [0.15, 0.2) is 0 Å². The molecular weight excluding hydrogens is 236 g/mol. The number of likely N-dealkylation sites (N-methyl/N-ethyl adjacent to an activating group) is 1. The Balaban J connectivity index is 3.47. The van der Waals surface area contributed by atoms with Crippen LogP contribution >= 0.6 is 0 Å². The molecule has 0 amide bonds. The van der Waals surface area contributed by atoms with Crippen molar-refractivity contribution in [2.24, 2.45) is 0 Å². The van der Waals surface area contributed by atoms with Gasteiger partial charge in [-0.2, -0.15) is 0 Å². The highest BCUT2D eigenvalue weighted by atomic mass is 16.6. The number of hydrogen-bond donors (Lipinski definition) is 2. The lowest BCUT2D eigenvalue weighted by Gasteiger charge is -2.27. The molecule has 0 aromatic rings. The fraction of sp³-hybridized carbons (Fsp3) is 0.917. The van der Waals surface area contributed by atoms with E-state index in [1.165, 1.54) is 0 Å². The number of rotatable bonds is 10. The number of hydrogen-bond acceptors (Lipinski definition) is 6. The highest BCUT2D eigenvalue weighted by molar-refractivity contribution is 5.70. The van der Waals surface area contributed by atoms with Crippen molar-refractivity contribution < 1.29 is 19.4 Å². The average molecular weight is 262 g/mol. The molecule has 6 nitrogen and oxygen atoms in total. The SMILES string of the molecule is CCOC(=O)COCCNCC(C)(O)CN(C)C. The second-order valence-electron chi connectivity index (χ2n) is 4.77. The van der Waals surface area contributed by atoms with E-state index >= 15 is 0 Å². The number of carbonyl (C=O) groups excluding carboxylic acids is 1. The number of esters is 1. The third-order valence-electron chi connectivity index (χ3n) is 2.11. The van der Waals surface area contributed by atoms with Crippen LogP contribution in [-0.4, -0.2) is 75.1 Å². The highest BCUT2D eigenvalue weighted by Gasteiger charge is 2.20. The van der Waals surface area contributed by atoms with Crippen LogP contribution in [0.15, 0.2) is 0 Å². The van der Waals surface area contributed by atoms with Crippen LogP contribution < -0.4 is 5.32 Å². The molecule has 0 aliphatic rings. The predicted octanol–water partition coefficient (Wildman–Crippen LogP) is -0.532. The summed E-state index contributed by atoms with van der Waals surface area (Å²) in [5.74, 6) is -0.350. The maximum Gasteiger partial charge on any atom is 0.332 e. The first-order valence-corrected chi connectivity index (χ1v) is 6.18. The number of nitrogens with zero attached hydrogens (tertiary/aromatic N) is 1. The largest absolute Gasteiger partial charge is 0.464 e. The molecule has 18 heavy (non-hydrogen) atoms. The van der Waals surface area contributed by atoms with Crippen LogP contribution in [0.25, 0.3) is 0 Å². The standard InChI is InChI=1S/C12H26N2O4/c1-5-18-11(15)8-17-7-6-13-9-12(2,16)10-14(3)4/h13,16H,5-10H2,1-4H3. The second-order valence-corrected chi connectivity index (χ2v) is 4.77. The van der Waals surface area contributed by atoms with Crippen LogP contribution in [0.1, 0.15) is 13.8 Å². The van der Waals surface area contributed by atoms with Gasteiger partial charge < -0.3 is 24.8 Å². The lowest BCUT2D eigenvalue weighted by Crippen LogP contribution is -2.46. The van der Waals surface area contributed by atoms with E-state index in [1.807, 2.05) is 19.0 Å². The average Bonchev–Trinajstić information content (AvgIpc) is 2.21. The monoisotopic (exact) mass is 262 g/mol. The van der Waals surface area contributed by atoms with Gasteiger partial charge >= 0.3 is 5.97 Å². The Kier molecular flexibility index (Phi) is 8.91. The lowest BCUT2D eigenvalue weighted by atomic mass is 10.1. The van der Waals surface area contributed by atoms with Gasteiger partial charge in [-0.05, 0) is 27.9 Å². The molecule has 0 aromatic heterocycles. The molecule has 1 unspecified atom stereocenters. The zero-order valence-corrected chi connectivity index (χ0v) is 11.9. The van der Waals surface area contributed by atoms with Crippen molar-refractivity contribution in [1.29, 1.82) is 0 Å². The summed E-state index contributed by atoms with van der Waals surface area (Å²) in [5, 5.41) is 13.1. The topological polar surface area (TPSA) is 71.0 Å². The molecule has 108 valence electrons. The normalized spacial score (nSPS) is 14.6. The summed E-state index contributed by atoms with van der Waals surface area (Å²) < 4.78 is 9.83. The van der Waals surface area contributed by atoms with Crippen LogP contribution in [-0.2, 0) is 14.3 Å². The van der Waals surface area contributed by atoms with Gasteiger partial charge in [-0.25, -0.2) is 4.79 Å². The summed E-state index contributed by atoms with van der Waals surface area (Å²) in [6, 6.07) is 0. The van der Waals surface area contributed by atoms with Crippen LogP contribution in [0.5, 0.6) is 0 Å². The fourth-order valence-corrected chi connectivity index (χ4v) is 1.60. The molecule has 0 heterocycles. The van der Waals surface area contributed by atoms with Crippen LogP contribution in [0.3, 0.4) is 0 Å². The molecule has 0 saturated heterocycles. The first kappa shape index (κ1) is 17.3. The minimum absolute atomic E-state index is 0.0242.